The Kier molecular flexibility index (Phi) is 3.71. The molecule has 0 heterocycles. The zero-order chi connectivity index (χ0) is 13.8. The van der Waals surface area contributed by atoms with Gasteiger partial charge in [0.1, 0.15) is 5.75 Å². The molecule has 19 heavy (non-hydrogen) atoms. The van der Waals surface area contributed by atoms with E-state index >= 15 is 0 Å². The first-order chi connectivity index (χ1) is 9.11. The number of nitrogens with zero attached hydrogens (tertiary/aromatic N) is 1. The number of amides is 1. The predicted octanol–water partition coefficient (Wildman–Crippen LogP) is 2.55. The fourth-order valence-corrected chi connectivity index (χ4v) is 1.78. The zero-order valence-electron chi connectivity index (χ0n) is 11.0. The van der Waals surface area contributed by atoms with Gasteiger partial charge in [-0.3, -0.25) is 4.79 Å². The molecule has 0 aliphatic rings. The van der Waals surface area contributed by atoms with Gasteiger partial charge in [0.15, 0.2) is 0 Å². The zero-order valence-corrected chi connectivity index (χ0v) is 11.0. The lowest BCUT2D eigenvalue weighted by atomic mass is 10.1. The van der Waals surface area contributed by atoms with Crippen LogP contribution in [0.2, 0.25) is 0 Å². The van der Waals surface area contributed by atoms with Crippen LogP contribution in [0.5, 0.6) is 5.75 Å². The minimum absolute atomic E-state index is 0.0896. The largest absolute Gasteiger partial charge is 0.497 e. The molecule has 0 radical (unpaired) electrons. The van der Waals surface area contributed by atoms with Gasteiger partial charge in [0.2, 0.25) is 0 Å². The number of carbonyl (C=O) groups excluding carboxylic acids is 1. The molecule has 4 heteroatoms. The molecule has 0 aliphatic heterocycles. The number of rotatable bonds is 3. The number of hydrogen-bond donors (Lipinski definition) is 1. The molecule has 2 aromatic carbocycles. The highest BCUT2D eigenvalue weighted by molar-refractivity contribution is 6.05. The van der Waals surface area contributed by atoms with Crippen molar-refractivity contribution in [3.63, 3.8) is 0 Å². The van der Waals surface area contributed by atoms with E-state index in [4.69, 9.17) is 10.5 Å². The molecule has 0 aliphatic carbocycles. The Balaban J connectivity index is 2.23. The molecule has 0 fully saturated rings. The van der Waals surface area contributed by atoms with Crippen molar-refractivity contribution in [3.8, 4) is 5.75 Å². The topological polar surface area (TPSA) is 55.6 Å². The summed E-state index contributed by atoms with van der Waals surface area (Å²) < 4.78 is 5.07. The summed E-state index contributed by atoms with van der Waals surface area (Å²) >= 11 is 0. The first kappa shape index (κ1) is 13.0. The molecule has 0 aromatic heterocycles. The van der Waals surface area contributed by atoms with Crippen LogP contribution in [-0.4, -0.2) is 20.1 Å². The predicted molar refractivity (Wildman–Crippen MR) is 76.6 cm³/mol. The number of ether oxygens (including phenoxy) is 1. The number of nitrogen functional groups attached to an aromatic ring is 1. The highest BCUT2D eigenvalue weighted by Gasteiger charge is 2.13. The maximum atomic E-state index is 12.3. The van der Waals surface area contributed by atoms with Crippen LogP contribution in [0.3, 0.4) is 0 Å². The van der Waals surface area contributed by atoms with Crippen molar-refractivity contribution < 1.29 is 9.53 Å². The highest BCUT2D eigenvalue weighted by Crippen LogP contribution is 2.19. The molecule has 2 aromatic rings. The number of nitrogens with two attached hydrogens (primary N) is 1. The maximum absolute atomic E-state index is 12.3. The second-order valence-electron chi connectivity index (χ2n) is 4.19. The number of anilines is 2. The van der Waals surface area contributed by atoms with Crippen molar-refractivity contribution in [1.29, 1.82) is 0 Å². The van der Waals surface area contributed by atoms with Gasteiger partial charge in [0.05, 0.1) is 7.11 Å². The van der Waals surface area contributed by atoms with Crippen molar-refractivity contribution in [2.24, 2.45) is 0 Å². The van der Waals surface area contributed by atoms with E-state index in [1.807, 2.05) is 12.1 Å². The minimum Gasteiger partial charge on any atom is -0.497 e. The monoisotopic (exact) mass is 256 g/mol. The van der Waals surface area contributed by atoms with Gasteiger partial charge in [-0.05, 0) is 42.5 Å². The molecular formula is C15H16N2O2. The Morgan fingerprint density at radius 3 is 2.42 bits per heavy atom. The SMILES string of the molecule is COc1ccc(C(=O)N(C)c2cccc(N)c2)cc1. The molecule has 0 spiro atoms. The number of carbonyl (C=O) groups is 1. The molecule has 4 nitrogen and oxygen atoms in total. The van der Waals surface area contributed by atoms with Gasteiger partial charge < -0.3 is 15.4 Å². The van der Waals surface area contributed by atoms with Crippen molar-refractivity contribution in [1.82, 2.24) is 0 Å². The number of benzene rings is 2. The smallest absolute Gasteiger partial charge is 0.258 e. The summed E-state index contributed by atoms with van der Waals surface area (Å²) in [6.07, 6.45) is 0. The van der Waals surface area contributed by atoms with Crippen LogP contribution in [0.1, 0.15) is 10.4 Å². The Morgan fingerprint density at radius 1 is 1.16 bits per heavy atom. The summed E-state index contributed by atoms with van der Waals surface area (Å²) in [4.78, 5) is 13.9. The molecular weight excluding hydrogens is 240 g/mol. The van der Waals surface area contributed by atoms with Crippen LogP contribution < -0.4 is 15.4 Å². The van der Waals surface area contributed by atoms with Crippen LogP contribution >= 0.6 is 0 Å². The quantitative estimate of drug-likeness (QED) is 0.859. The fourth-order valence-electron chi connectivity index (χ4n) is 1.78. The van der Waals surface area contributed by atoms with Gasteiger partial charge in [-0.2, -0.15) is 0 Å². The van der Waals surface area contributed by atoms with E-state index < -0.39 is 0 Å². The fraction of sp³-hybridized carbons (Fsp3) is 0.133. The van der Waals surface area contributed by atoms with E-state index in [0.29, 0.717) is 11.3 Å². The van der Waals surface area contributed by atoms with E-state index in [2.05, 4.69) is 0 Å². The molecule has 0 bridgehead atoms. The third-order valence-electron chi connectivity index (χ3n) is 2.90. The summed E-state index contributed by atoms with van der Waals surface area (Å²) in [7, 11) is 3.32. The van der Waals surface area contributed by atoms with Crippen LogP contribution in [0.25, 0.3) is 0 Å². The third-order valence-corrected chi connectivity index (χ3v) is 2.90. The number of methoxy groups -OCH3 is 1. The normalized spacial score (nSPS) is 10.0. The second kappa shape index (κ2) is 5.44. The molecule has 2 rings (SSSR count). The summed E-state index contributed by atoms with van der Waals surface area (Å²) in [6, 6.07) is 14.2. The van der Waals surface area contributed by atoms with Gasteiger partial charge in [-0.1, -0.05) is 6.07 Å². The third kappa shape index (κ3) is 2.85. The second-order valence-corrected chi connectivity index (χ2v) is 4.19. The van der Waals surface area contributed by atoms with Crippen LogP contribution in [0.15, 0.2) is 48.5 Å². The summed E-state index contributed by atoms with van der Waals surface area (Å²) in [5, 5.41) is 0. The van der Waals surface area contributed by atoms with E-state index in [0.717, 1.165) is 11.4 Å². The lowest BCUT2D eigenvalue weighted by molar-refractivity contribution is 0.0993. The summed E-state index contributed by atoms with van der Waals surface area (Å²) in [5.41, 5.74) is 7.72. The Bertz CT molecular complexity index is 579. The summed E-state index contributed by atoms with van der Waals surface area (Å²) in [6.45, 7) is 0. The Labute approximate surface area is 112 Å². The van der Waals surface area contributed by atoms with E-state index in [-0.39, 0.29) is 5.91 Å². The molecule has 0 atom stereocenters. The van der Waals surface area contributed by atoms with Gasteiger partial charge in [0.25, 0.3) is 5.91 Å². The van der Waals surface area contributed by atoms with Crippen LogP contribution in [-0.2, 0) is 0 Å². The molecule has 1 amide bonds. The standard InChI is InChI=1S/C15H16N2O2/c1-17(13-5-3-4-12(16)10-13)15(18)11-6-8-14(19-2)9-7-11/h3-10H,16H2,1-2H3. The average molecular weight is 256 g/mol. The first-order valence-corrected chi connectivity index (χ1v) is 5.89. The molecule has 0 saturated heterocycles. The van der Waals surface area contributed by atoms with E-state index in [1.165, 1.54) is 0 Å². The van der Waals surface area contributed by atoms with Gasteiger partial charge >= 0.3 is 0 Å². The van der Waals surface area contributed by atoms with Crippen molar-refractivity contribution in [2.75, 3.05) is 24.8 Å². The van der Waals surface area contributed by atoms with Crippen LogP contribution in [0, 0.1) is 0 Å². The van der Waals surface area contributed by atoms with E-state index in [9.17, 15) is 4.79 Å². The van der Waals surface area contributed by atoms with Crippen molar-refractivity contribution >= 4 is 17.3 Å². The van der Waals surface area contributed by atoms with Gasteiger partial charge in [-0.25, -0.2) is 0 Å². The van der Waals surface area contributed by atoms with Gasteiger partial charge in [-0.15, -0.1) is 0 Å². The minimum atomic E-state index is -0.0896. The average Bonchev–Trinajstić information content (AvgIpc) is 2.46. The molecule has 2 N–H and O–H groups in total. The molecule has 0 unspecified atom stereocenters. The summed E-state index contributed by atoms with van der Waals surface area (Å²) in [5.74, 6) is 0.636. The lowest BCUT2D eigenvalue weighted by Crippen LogP contribution is -2.26. The molecule has 98 valence electrons. The Hall–Kier alpha value is -2.49. The van der Waals surface area contributed by atoms with E-state index in [1.54, 1.807) is 55.5 Å². The first-order valence-electron chi connectivity index (χ1n) is 5.89. The number of hydrogen-bond acceptors (Lipinski definition) is 3. The molecule has 0 saturated carbocycles. The van der Waals surface area contributed by atoms with Crippen molar-refractivity contribution in [3.05, 3.63) is 54.1 Å². The maximum Gasteiger partial charge on any atom is 0.258 e. The van der Waals surface area contributed by atoms with Crippen molar-refractivity contribution in [2.45, 2.75) is 0 Å². The van der Waals surface area contributed by atoms with Gasteiger partial charge in [0, 0.05) is 24.0 Å². The Morgan fingerprint density at radius 2 is 1.84 bits per heavy atom. The lowest BCUT2D eigenvalue weighted by Gasteiger charge is -2.18. The highest BCUT2D eigenvalue weighted by atomic mass is 16.5. The van der Waals surface area contributed by atoms with Crippen LogP contribution in [0.4, 0.5) is 11.4 Å².